The molecule has 0 atom stereocenters. The van der Waals surface area contributed by atoms with Crippen LogP contribution in [-0.4, -0.2) is 14.5 Å². The van der Waals surface area contributed by atoms with Crippen LogP contribution in [0, 0.1) is 0 Å². The Morgan fingerprint density at radius 2 is 1.90 bits per heavy atom. The third kappa shape index (κ3) is 1.93. The van der Waals surface area contributed by atoms with Crippen molar-refractivity contribution in [2.24, 2.45) is 0 Å². The molecule has 0 radical (unpaired) electrons. The second-order valence-corrected chi connectivity index (χ2v) is 5.35. The van der Waals surface area contributed by atoms with E-state index in [1.54, 1.807) is 6.33 Å². The maximum Gasteiger partial charge on any atom is 0.0923 e. The highest BCUT2D eigenvalue weighted by Gasteiger charge is 2.10. The maximum absolute atomic E-state index is 4.31. The Hall–Kier alpha value is -2.55. The molecule has 4 rings (SSSR count). The van der Waals surface area contributed by atoms with E-state index in [4.69, 9.17) is 0 Å². The van der Waals surface area contributed by atoms with Crippen LogP contribution in [-0.2, 0) is 13.0 Å². The largest absolute Gasteiger partial charge is 0.351 e. The lowest BCUT2D eigenvalue weighted by atomic mass is 10.1. The van der Waals surface area contributed by atoms with Gasteiger partial charge in [0.2, 0.25) is 0 Å². The molecule has 0 aliphatic carbocycles. The third-order valence-corrected chi connectivity index (χ3v) is 4.09. The van der Waals surface area contributed by atoms with E-state index in [9.17, 15) is 0 Å². The molecule has 0 fully saturated rings. The number of benzene rings is 2. The van der Waals surface area contributed by atoms with E-state index >= 15 is 0 Å². The number of para-hydroxylation sites is 1. The fourth-order valence-corrected chi connectivity index (χ4v) is 3.14. The number of aryl methyl sites for hydroxylation is 1. The van der Waals surface area contributed by atoms with Gasteiger partial charge in [-0.3, -0.25) is 0 Å². The van der Waals surface area contributed by atoms with E-state index in [0.717, 1.165) is 18.7 Å². The van der Waals surface area contributed by atoms with Crippen LogP contribution in [0.15, 0.2) is 55.0 Å². The lowest BCUT2D eigenvalue weighted by Crippen LogP contribution is -1.94. The minimum atomic E-state index is 0.866. The summed E-state index contributed by atoms with van der Waals surface area (Å²) in [5, 5.41) is 2.67. The van der Waals surface area contributed by atoms with Gasteiger partial charge in [-0.05, 0) is 24.6 Å². The quantitative estimate of drug-likeness (QED) is 0.599. The van der Waals surface area contributed by atoms with E-state index in [1.807, 2.05) is 6.20 Å². The Morgan fingerprint density at radius 1 is 1.05 bits per heavy atom. The van der Waals surface area contributed by atoms with Crippen molar-refractivity contribution in [1.82, 2.24) is 14.5 Å². The van der Waals surface area contributed by atoms with Gasteiger partial charge in [0.25, 0.3) is 0 Å². The van der Waals surface area contributed by atoms with Crippen LogP contribution in [0.3, 0.4) is 0 Å². The molecule has 0 saturated heterocycles. The first-order valence-corrected chi connectivity index (χ1v) is 7.34. The number of nitrogens with zero attached hydrogens (tertiary/aromatic N) is 2. The number of nitrogens with one attached hydrogen (secondary N) is 1. The number of aromatic amines is 1. The lowest BCUT2D eigenvalue weighted by molar-refractivity contribution is 0.826. The molecule has 0 amide bonds. The molecular weight excluding hydrogens is 258 g/mol. The molecule has 2 heterocycles. The summed E-state index contributed by atoms with van der Waals surface area (Å²) in [6.45, 7) is 3.18. The lowest BCUT2D eigenvalue weighted by Gasteiger charge is -2.04. The van der Waals surface area contributed by atoms with Crippen molar-refractivity contribution in [3.05, 3.63) is 66.2 Å². The minimum absolute atomic E-state index is 0.866. The fourth-order valence-electron chi connectivity index (χ4n) is 3.14. The second kappa shape index (κ2) is 4.77. The zero-order valence-electron chi connectivity index (χ0n) is 12.0. The summed E-state index contributed by atoms with van der Waals surface area (Å²) in [5.74, 6) is 0. The normalized spacial score (nSPS) is 11.5. The Balaban J connectivity index is 1.92. The minimum Gasteiger partial charge on any atom is -0.351 e. The van der Waals surface area contributed by atoms with Crippen molar-refractivity contribution in [2.75, 3.05) is 0 Å². The van der Waals surface area contributed by atoms with Crippen LogP contribution >= 0.6 is 0 Å². The number of imidazole rings is 1. The monoisotopic (exact) mass is 275 g/mol. The molecule has 0 unspecified atom stereocenters. The number of hydrogen-bond acceptors (Lipinski definition) is 1. The van der Waals surface area contributed by atoms with Gasteiger partial charge in [0.05, 0.1) is 12.0 Å². The van der Waals surface area contributed by atoms with Crippen LogP contribution in [0.4, 0.5) is 0 Å². The zero-order chi connectivity index (χ0) is 14.2. The first-order valence-electron chi connectivity index (χ1n) is 7.34. The average Bonchev–Trinajstić information content (AvgIpc) is 3.12. The predicted octanol–water partition coefficient (Wildman–Crippen LogP) is 4.13. The first-order chi connectivity index (χ1) is 10.4. The molecule has 0 aliphatic rings. The van der Waals surface area contributed by atoms with Gasteiger partial charge >= 0.3 is 0 Å². The third-order valence-electron chi connectivity index (χ3n) is 4.09. The van der Waals surface area contributed by atoms with Crippen molar-refractivity contribution in [1.29, 1.82) is 0 Å². The summed E-state index contributed by atoms with van der Waals surface area (Å²) >= 11 is 0. The molecular formula is C18H17N3. The summed E-state index contributed by atoms with van der Waals surface area (Å²) in [6.07, 6.45) is 4.56. The van der Waals surface area contributed by atoms with Crippen LogP contribution in [0.5, 0.6) is 0 Å². The van der Waals surface area contributed by atoms with E-state index in [1.165, 1.54) is 27.4 Å². The van der Waals surface area contributed by atoms with Crippen molar-refractivity contribution in [2.45, 2.75) is 19.9 Å². The van der Waals surface area contributed by atoms with Gasteiger partial charge in [-0.15, -0.1) is 0 Å². The zero-order valence-corrected chi connectivity index (χ0v) is 12.0. The number of H-pyrrole nitrogens is 1. The molecule has 0 bridgehead atoms. The summed E-state index contributed by atoms with van der Waals surface area (Å²) in [7, 11) is 0. The molecule has 2 aromatic carbocycles. The molecule has 21 heavy (non-hydrogen) atoms. The van der Waals surface area contributed by atoms with E-state index in [-0.39, 0.29) is 0 Å². The van der Waals surface area contributed by atoms with Crippen LogP contribution in [0.2, 0.25) is 0 Å². The number of hydrogen-bond donors (Lipinski definition) is 1. The molecule has 4 aromatic rings. The summed E-state index contributed by atoms with van der Waals surface area (Å²) in [6, 6.07) is 15.4. The van der Waals surface area contributed by atoms with Gasteiger partial charge in [0.1, 0.15) is 0 Å². The molecule has 0 saturated carbocycles. The standard InChI is InChI=1S/C18H17N3/c1-2-21-17-6-4-3-5-15(17)16-8-7-13(10-18(16)21)9-14-11-19-12-20-14/h3-8,10-12H,2,9H2,1H3,(H,19,20). The van der Waals surface area contributed by atoms with Crippen molar-refractivity contribution in [3.63, 3.8) is 0 Å². The van der Waals surface area contributed by atoms with Crippen LogP contribution < -0.4 is 0 Å². The van der Waals surface area contributed by atoms with Gasteiger partial charge in [0.15, 0.2) is 0 Å². The van der Waals surface area contributed by atoms with Crippen LogP contribution in [0.1, 0.15) is 18.2 Å². The van der Waals surface area contributed by atoms with Crippen LogP contribution in [0.25, 0.3) is 21.8 Å². The number of fused-ring (bicyclic) bond motifs is 3. The molecule has 2 aromatic heterocycles. The molecule has 1 N–H and O–H groups in total. The van der Waals surface area contributed by atoms with Crippen molar-refractivity contribution < 1.29 is 0 Å². The molecule has 3 heteroatoms. The van der Waals surface area contributed by atoms with Gasteiger partial charge in [-0.2, -0.15) is 0 Å². The highest BCUT2D eigenvalue weighted by atomic mass is 15.0. The molecule has 0 spiro atoms. The molecule has 3 nitrogen and oxygen atoms in total. The summed E-state index contributed by atoms with van der Waals surface area (Å²) in [5.41, 5.74) is 5.00. The van der Waals surface area contributed by atoms with Gasteiger partial charge in [-0.1, -0.05) is 30.3 Å². The Morgan fingerprint density at radius 3 is 2.71 bits per heavy atom. The summed E-state index contributed by atoms with van der Waals surface area (Å²) in [4.78, 5) is 7.33. The van der Waals surface area contributed by atoms with E-state index in [0.29, 0.717) is 0 Å². The van der Waals surface area contributed by atoms with E-state index < -0.39 is 0 Å². The van der Waals surface area contributed by atoms with Gasteiger partial charge in [0, 0.05) is 41.0 Å². The predicted molar refractivity (Wildman–Crippen MR) is 86.5 cm³/mol. The topological polar surface area (TPSA) is 33.6 Å². The molecule has 0 aliphatic heterocycles. The van der Waals surface area contributed by atoms with E-state index in [2.05, 4.69) is 63.9 Å². The average molecular weight is 275 g/mol. The highest BCUT2D eigenvalue weighted by molar-refractivity contribution is 6.08. The molecule has 104 valence electrons. The highest BCUT2D eigenvalue weighted by Crippen LogP contribution is 2.29. The SMILES string of the molecule is CCn1c2ccccc2c2ccc(Cc3c[nH]cn3)cc21. The fraction of sp³-hybridized carbons (Fsp3) is 0.167. The van der Waals surface area contributed by atoms with Gasteiger partial charge in [-0.25, -0.2) is 4.98 Å². The number of aromatic nitrogens is 3. The van der Waals surface area contributed by atoms with Crippen molar-refractivity contribution in [3.8, 4) is 0 Å². The number of rotatable bonds is 3. The second-order valence-electron chi connectivity index (χ2n) is 5.35. The Bertz CT molecular complexity index is 901. The maximum atomic E-state index is 4.31. The van der Waals surface area contributed by atoms with Crippen molar-refractivity contribution >= 4 is 21.8 Å². The van der Waals surface area contributed by atoms with Gasteiger partial charge < -0.3 is 9.55 Å². The summed E-state index contributed by atoms with van der Waals surface area (Å²) < 4.78 is 2.39. The first kappa shape index (κ1) is 12.2. The Labute approximate surface area is 123 Å². The Kier molecular flexibility index (Phi) is 2.78. The smallest absolute Gasteiger partial charge is 0.0923 e.